The molecule has 2 bridgehead atoms. The van der Waals surface area contributed by atoms with Crippen molar-refractivity contribution in [2.24, 2.45) is 11.8 Å². The van der Waals surface area contributed by atoms with Gasteiger partial charge in [-0.3, -0.25) is 14.4 Å². The lowest BCUT2D eigenvalue weighted by molar-refractivity contribution is -0.162. The Labute approximate surface area is 219 Å². The quantitative estimate of drug-likeness (QED) is 0.361. The fourth-order valence-electron chi connectivity index (χ4n) is 6.95. The molecule has 1 N–H and O–H groups in total. The summed E-state index contributed by atoms with van der Waals surface area (Å²) in [5.41, 5.74) is -1.34. The zero-order valence-corrected chi connectivity index (χ0v) is 22.4. The lowest BCUT2D eigenvalue weighted by Gasteiger charge is -2.41. The largest absolute Gasteiger partial charge is 0.466 e. The summed E-state index contributed by atoms with van der Waals surface area (Å²) >= 11 is 0. The number of amides is 2. The summed E-state index contributed by atoms with van der Waals surface area (Å²) in [7, 11) is 0. The Morgan fingerprint density at radius 3 is 2.59 bits per heavy atom. The molecule has 1 aromatic rings. The highest BCUT2D eigenvalue weighted by molar-refractivity contribution is 5.99. The van der Waals surface area contributed by atoms with E-state index in [1.807, 2.05) is 44.2 Å². The average molecular weight is 513 g/mol. The van der Waals surface area contributed by atoms with Crippen molar-refractivity contribution in [3.63, 3.8) is 0 Å². The highest BCUT2D eigenvalue weighted by Crippen LogP contribution is 2.64. The van der Waals surface area contributed by atoms with Crippen LogP contribution >= 0.6 is 0 Å². The third kappa shape index (κ3) is 4.28. The lowest BCUT2D eigenvalue weighted by atomic mass is 9.66. The molecule has 202 valence electrons. The van der Waals surface area contributed by atoms with E-state index < -0.39 is 41.1 Å². The molecule has 37 heavy (non-hydrogen) atoms. The van der Waals surface area contributed by atoms with Crippen LogP contribution < -0.4 is 0 Å². The Morgan fingerprint density at radius 1 is 1.30 bits per heavy atom. The summed E-state index contributed by atoms with van der Waals surface area (Å²) in [5.74, 6) is -2.72. The van der Waals surface area contributed by atoms with E-state index in [-0.39, 0.29) is 31.1 Å². The van der Waals surface area contributed by atoms with Gasteiger partial charge in [-0.25, -0.2) is 0 Å². The molecule has 1 aromatic carbocycles. The molecule has 8 nitrogen and oxygen atoms in total. The van der Waals surface area contributed by atoms with Gasteiger partial charge in [0, 0.05) is 12.6 Å². The molecule has 3 unspecified atom stereocenters. The van der Waals surface area contributed by atoms with E-state index in [2.05, 4.69) is 13.5 Å². The van der Waals surface area contributed by atoms with Crippen molar-refractivity contribution in [1.29, 1.82) is 0 Å². The number of rotatable bonds is 11. The SMILES string of the molecule is C=CCN(C(=O)C1N([C@H](CO)c2ccccc2)C(=O)[C@@H]2[C@H](C(=O)OCC)[C@]3(C)CCC12O3)C(C)CCC. The smallest absolute Gasteiger partial charge is 0.312 e. The predicted molar refractivity (Wildman–Crippen MR) is 138 cm³/mol. The van der Waals surface area contributed by atoms with Crippen LogP contribution in [0.3, 0.4) is 0 Å². The molecule has 2 amide bonds. The van der Waals surface area contributed by atoms with Crippen LogP contribution in [0, 0.1) is 11.8 Å². The van der Waals surface area contributed by atoms with Crippen LogP contribution in [0.1, 0.15) is 65.0 Å². The van der Waals surface area contributed by atoms with Gasteiger partial charge in [-0.15, -0.1) is 6.58 Å². The first kappa shape index (κ1) is 27.3. The predicted octanol–water partition coefficient (Wildman–Crippen LogP) is 3.25. The van der Waals surface area contributed by atoms with Gasteiger partial charge in [0.05, 0.1) is 30.8 Å². The monoisotopic (exact) mass is 512 g/mol. The fourth-order valence-corrected chi connectivity index (χ4v) is 6.95. The molecule has 3 heterocycles. The maximum Gasteiger partial charge on any atom is 0.312 e. The van der Waals surface area contributed by atoms with Crippen molar-refractivity contribution in [2.45, 2.75) is 82.7 Å². The number of nitrogens with zero attached hydrogens (tertiary/aromatic N) is 2. The normalized spacial score (nSPS) is 31.6. The van der Waals surface area contributed by atoms with Gasteiger partial charge in [0.2, 0.25) is 11.8 Å². The Hall–Kier alpha value is -2.71. The number of esters is 1. The molecule has 4 rings (SSSR count). The standard InChI is InChI=1S/C29H40N2O6/c1-6-12-19(4)30(17-7-2)26(34)24-29-16-15-28(5,37-29)23(27(35)36-8-3)22(29)25(33)31(24)21(18-32)20-13-10-9-11-14-20/h7,9-11,13-14,19,21-24,32H,2,6,8,12,15-18H2,1,3-5H3/t19?,21-,22+,23-,24?,28+,29?/m1/s1. The molecule has 8 heteroatoms. The van der Waals surface area contributed by atoms with Gasteiger partial charge in [0.1, 0.15) is 17.6 Å². The summed E-state index contributed by atoms with van der Waals surface area (Å²) in [6.07, 6.45) is 4.39. The average Bonchev–Trinajstić information content (AvgIpc) is 3.45. The molecular formula is C29H40N2O6. The highest BCUT2D eigenvalue weighted by atomic mass is 16.6. The highest BCUT2D eigenvalue weighted by Gasteiger charge is 2.79. The molecular weight excluding hydrogens is 472 g/mol. The Bertz CT molecular complexity index is 1030. The Morgan fingerprint density at radius 2 is 2.00 bits per heavy atom. The summed E-state index contributed by atoms with van der Waals surface area (Å²) in [4.78, 5) is 45.3. The van der Waals surface area contributed by atoms with Crippen molar-refractivity contribution in [1.82, 2.24) is 9.80 Å². The van der Waals surface area contributed by atoms with Gasteiger partial charge in [-0.05, 0) is 45.6 Å². The minimum Gasteiger partial charge on any atom is -0.466 e. The van der Waals surface area contributed by atoms with Gasteiger partial charge in [-0.1, -0.05) is 49.8 Å². The third-order valence-corrected chi connectivity index (χ3v) is 8.53. The maximum atomic E-state index is 14.5. The molecule has 1 spiro atoms. The number of aliphatic hydroxyl groups excluding tert-OH is 1. The first-order valence-corrected chi connectivity index (χ1v) is 13.5. The zero-order chi connectivity index (χ0) is 27.0. The van der Waals surface area contributed by atoms with Crippen LogP contribution in [0.25, 0.3) is 0 Å². The van der Waals surface area contributed by atoms with E-state index in [9.17, 15) is 19.5 Å². The topological polar surface area (TPSA) is 96.4 Å². The Kier molecular flexibility index (Phi) is 7.81. The minimum atomic E-state index is -1.17. The second-order valence-electron chi connectivity index (χ2n) is 10.8. The molecule has 3 aliphatic heterocycles. The van der Waals surface area contributed by atoms with Gasteiger partial charge in [0.15, 0.2) is 0 Å². The number of ether oxygens (including phenoxy) is 2. The molecule has 7 atom stereocenters. The number of carbonyl (C=O) groups excluding carboxylic acids is 3. The number of benzene rings is 1. The second-order valence-corrected chi connectivity index (χ2v) is 10.8. The molecule has 0 radical (unpaired) electrons. The summed E-state index contributed by atoms with van der Waals surface area (Å²) in [6.45, 7) is 11.7. The molecule has 0 saturated carbocycles. The van der Waals surface area contributed by atoms with Crippen LogP contribution in [0.5, 0.6) is 0 Å². The van der Waals surface area contributed by atoms with Crippen LogP contribution in [-0.4, -0.2) is 75.7 Å². The van der Waals surface area contributed by atoms with Crippen LogP contribution in [0.2, 0.25) is 0 Å². The van der Waals surface area contributed by atoms with Gasteiger partial charge in [-0.2, -0.15) is 0 Å². The van der Waals surface area contributed by atoms with E-state index in [0.717, 1.165) is 18.4 Å². The number of carbonyl (C=O) groups is 3. The molecule has 0 aliphatic carbocycles. The summed E-state index contributed by atoms with van der Waals surface area (Å²) in [6, 6.07) is 7.40. The summed E-state index contributed by atoms with van der Waals surface area (Å²) < 4.78 is 12.1. The van der Waals surface area contributed by atoms with E-state index >= 15 is 0 Å². The maximum absolute atomic E-state index is 14.5. The first-order valence-electron chi connectivity index (χ1n) is 13.5. The molecule has 3 fully saturated rings. The lowest BCUT2D eigenvalue weighted by Crippen LogP contribution is -2.58. The Balaban J connectivity index is 1.86. The van der Waals surface area contributed by atoms with Gasteiger partial charge < -0.3 is 24.4 Å². The zero-order valence-electron chi connectivity index (χ0n) is 22.4. The number of aliphatic hydroxyl groups is 1. The van der Waals surface area contributed by atoms with Crippen molar-refractivity contribution in [2.75, 3.05) is 19.8 Å². The van der Waals surface area contributed by atoms with Crippen molar-refractivity contribution in [3.05, 3.63) is 48.6 Å². The minimum absolute atomic E-state index is 0.0813. The number of fused-ring (bicyclic) bond motifs is 1. The van der Waals surface area contributed by atoms with E-state index in [1.54, 1.807) is 17.9 Å². The number of hydrogen-bond donors (Lipinski definition) is 1. The molecule has 3 saturated heterocycles. The number of likely N-dealkylation sites (tertiary alicyclic amines) is 1. The number of hydrogen-bond acceptors (Lipinski definition) is 6. The van der Waals surface area contributed by atoms with Gasteiger partial charge in [0.25, 0.3) is 0 Å². The molecule has 0 aromatic heterocycles. The third-order valence-electron chi connectivity index (χ3n) is 8.53. The van der Waals surface area contributed by atoms with Gasteiger partial charge >= 0.3 is 5.97 Å². The fraction of sp³-hybridized carbons (Fsp3) is 0.621. The second kappa shape index (κ2) is 10.6. The molecule has 3 aliphatic rings. The van der Waals surface area contributed by atoms with Crippen molar-refractivity contribution < 1.29 is 29.0 Å². The van der Waals surface area contributed by atoms with E-state index in [4.69, 9.17) is 9.47 Å². The van der Waals surface area contributed by atoms with Crippen molar-refractivity contribution in [3.8, 4) is 0 Å². The van der Waals surface area contributed by atoms with Crippen molar-refractivity contribution >= 4 is 17.8 Å². The van der Waals surface area contributed by atoms with Crippen LogP contribution in [-0.2, 0) is 23.9 Å². The van der Waals surface area contributed by atoms with Crippen LogP contribution in [0.4, 0.5) is 0 Å². The summed E-state index contributed by atoms with van der Waals surface area (Å²) in [5, 5.41) is 10.6. The first-order chi connectivity index (χ1) is 17.7. The van der Waals surface area contributed by atoms with Crippen LogP contribution in [0.15, 0.2) is 43.0 Å². The van der Waals surface area contributed by atoms with E-state index in [1.165, 1.54) is 4.90 Å². The van der Waals surface area contributed by atoms with E-state index in [0.29, 0.717) is 19.4 Å².